The monoisotopic (exact) mass is 167 g/mol. The van der Waals surface area contributed by atoms with E-state index < -0.39 is 0 Å². The van der Waals surface area contributed by atoms with Gasteiger partial charge in [0.1, 0.15) is 5.76 Å². The van der Waals surface area contributed by atoms with Crippen LogP contribution < -0.4 is 5.32 Å². The van der Waals surface area contributed by atoms with E-state index in [4.69, 9.17) is 4.42 Å². The molecule has 2 heteroatoms. The zero-order valence-corrected chi connectivity index (χ0v) is 8.22. The number of aryl methyl sites for hydroxylation is 1. The van der Waals surface area contributed by atoms with Crippen LogP contribution in [-0.4, -0.2) is 7.05 Å². The average Bonchev–Trinajstić information content (AvgIpc) is 2.38. The number of hydrogen-bond donors (Lipinski definition) is 1. The predicted octanol–water partition coefficient (Wildman–Crippen LogP) is 2.50. The highest BCUT2D eigenvalue weighted by atomic mass is 16.3. The van der Waals surface area contributed by atoms with E-state index in [0.29, 0.717) is 12.0 Å². The Labute approximate surface area is 74.0 Å². The van der Waals surface area contributed by atoms with Gasteiger partial charge in [-0.15, -0.1) is 0 Å². The Balaban J connectivity index is 2.87. The van der Waals surface area contributed by atoms with Crippen molar-refractivity contribution in [2.75, 3.05) is 7.05 Å². The average molecular weight is 167 g/mol. The summed E-state index contributed by atoms with van der Waals surface area (Å²) in [4.78, 5) is 0. The largest absolute Gasteiger partial charge is 0.467 e. The molecule has 0 aliphatic heterocycles. The van der Waals surface area contributed by atoms with Crippen molar-refractivity contribution >= 4 is 0 Å². The second-order valence-electron chi connectivity index (χ2n) is 3.48. The number of nitrogens with one attached hydrogen (secondary N) is 1. The maximum Gasteiger partial charge on any atom is 0.123 e. The molecule has 1 unspecified atom stereocenters. The second kappa shape index (κ2) is 3.76. The third kappa shape index (κ3) is 1.69. The Kier molecular flexibility index (Phi) is 2.93. The van der Waals surface area contributed by atoms with E-state index in [1.54, 1.807) is 6.26 Å². The van der Waals surface area contributed by atoms with Gasteiger partial charge in [-0.3, -0.25) is 0 Å². The number of furan rings is 1. The summed E-state index contributed by atoms with van der Waals surface area (Å²) in [6.45, 7) is 6.44. The van der Waals surface area contributed by atoms with Crippen LogP contribution in [0.3, 0.4) is 0 Å². The highest BCUT2D eigenvalue weighted by molar-refractivity contribution is 5.18. The van der Waals surface area contributed by atoms with E-state index in [2.05, 4.69) is 26.1 Å². The standard InChI is InChI=1S/C10H17NO/c1-7(2)9(11-4)10-8(3)5-6-12-10/h5-7,9,11H,1-4H3. The second-order valence-corrected chi connectivity index (χ2v) is 3.48. The van der Waals surface area contributed by atoms with E-state index in [0.717, 1.165) is 5.76 Å². The van der Waals surface area contributed by atoms with Crippen LogP contribution in [0.15, 0.2) is 16.7 Å². The van der Waals surface area contributed by atoms with Crippen molar-refractivity contribution in [2.45, 2.75) is 26.8 Å². The van der Waals surface area contributed by atoms with Crippen LogP contribution in [0.2, 0.25) is 0 Å². The molecule has 1 aromatic heterocycles. The molecule has 12 heavy (non-hydrogen) atoms. The van der Waals surface area contributed by atoms with Crippen molar-refractivity contribution < 1.29 is 4.42 Å². The van der Waals surface area contributed by atoms with E-state index in [1.165, 1.54) is 5.56 Å². The zero-order valence-electron chi connectivity index (χ0n) is 8.22. The SMILES string of the molecule is CNC(c1occc1C)C(C)C. The molecule has 0 aromatic carbocycles. The topological polar surface area (TPSA) is 25.2 Å². The molecular weight excluding hydrogens is 150 g/mol. The van der Waals surface area contributed by atoms with Gasteiger partial charge in [0.25, 0.3) is 0 Å². The highest BCUT2D eigenvalue weighted by Crippen LogP contribution is 2.24. The normalized spacial score (nSPS) is 13.8. The molecule has 0 spiro atoms. The molecule has 0 amide bonds. The molecule has 0 bridgehead atoms. The van der Waals surface area contributed by atoms with Gasteiger partial charge in [-0.05, 0) is 31.5 Å². The minimum atomic E-state index is 0.333. The van der Waals surface area contributed by atoms with Gasteiger partial charge in [0.2, 0.25) is 0 Å². The summed E-state index contributed by atoms with van der Waals surface area (Å²) in [5.74, 6) is 1.62. The van der Waals surface area contributed by atoms with Crippen molar-refractivity contribution in [2.24, 2.45) is 5.92 Å². The van der Waals surface area contributed by atoms with Crippen LogP contribution in [0, 0.1) is 12.8 Å². The molecule has 0 saturated heterocycles. The van der Waals surface area contributed by atoms with Crippen molar-refractivity contribution in [3.63, 3.8) is 0 Å². The van der Waals surface area contributed by atoms with Crippen molar-refractivity contribution in [3.05, 3.63) is 23.7 Å². The van der Waals surface area contributed by atoms with Gasteiger partial charge in [0.05, 0.1) is 12.3 Å². The molecular formula is C10H17NO. The van der Waals surface area contributed by atoms with Crippen LogP contribution in [0.5, 0.6) is 0 Å². The summed E-state index contributed by atoms with van der Waals surface area (Å²) in [5, 5.41) is 3.25. The molecule has 1 atom stereocenters. The summed E-state index contributed by atoms with van der Waals surface area (Å²) in [6, 6.07) is 2.34. The fourth-order valence-corrected chi connectivity index (χ4v) is 1.47. The Morgan fingerprint density at radius 3 is 2.42 bits per heavy atom. The maximum atomic E-state index is 5.42. The van der Waals surface area contributed by atoms with E-state index >= 15 is 0 Å². The van der Waals surface area contributed by atoms with Crippen molar-refractivity contribution in [1.82, 2.24) is 5.32 Å². The van der Waals surface area contributed by atoms with E-state index in [-0.39, 0.29) is 0 Å². The number of hydrogen-bond acceptors (Lipinski definition) is 2. The van der Waals surface area contributed by atoms with E-state index in [1.807, 2.05) is 13.1 Å². The van der Waals surface area contributed by atoms with Gasteiger partial charge in [0.15, 0.2) is 0 Å². The molecule has 0 aliphatic rings. The van der Waals surface area contributed by atoms with E-state index in [9.17, 15) is 0 Å². The molecule has 0 radical (unpaired) electrons. The molecule has 0 aliphatic carbocycles. The van der Waals surface area contributed by atoms with Gasteiger partial charge >= 0.3 is 0 Å². The summed E-state index contributed by atoms with van der Waals surface area (Å²) in [7, 11) is 1.96. The number of rotatable bonds is 3. The lowest BCUT2D eigenvalue weighted by atomic mass is 10.00. The first-order chi connectivity index (χ1) is 5.66. The first-order valence-corrected chi connectivity index (χ1v) is 4.38. The molecule has 1 rings (SSSR count). The lowest BCUT2D eigenvalue weighted by Crippen LogP contribution is -2.21. The predicted molar refractivity (Wildman–Crippen MR) is 50.1 cm³/mol. The Bertz CT molecular complexity index is 240. The van der Waals surface area contributed by atoms with Crippen molar-refractivity contribution in [3.8, 4) is 0 Å². The quantitative estimate of drug-likeness (QED) is 0.748. The van der Waals surface area contributed by atoms with Gasteiger partial charge < -0.3 is 9.73 Å². The molecule has 1 aromatic rings. The van der Waals surface area contributed by atoms with Crippen molar-refractivity contribution in [1.29, 1.82) is 0 Å². The fourth-order valence-electron chi connectivity index (χ4n) is 1.47. The van der Waals surface area contributed by atoms with Crippen LogP contribution in [-0.2, 0) is 0 Å². The molecule has 2 nitrogen and oxygen atoms in total. The highest BCUT2D eigenvalue weighted by Gasteiger charge is 2.18. The molecule has 68 valence electrons. The van der Waals surface area contributed by atoms with Crippen LogP contribution in [0.25, 0.3) is 0 Å². The molecule has 1 heterocycles. The van der Waals surface area contributed by atoms with Gasteiger partial charge in [-0.25, -0.2) is 0 Å². The van der Waals surface area contributed by atoms with Gasteiger partial charge in [-0.1, -0.05) is 13.8 Å². The lowest BCUT2D eigenvalue weighted by Gasteiger charge is -2.18. The minimum Gasteiger partial charge on any atom is -0.467 e. The van der Waals surface area contributed by atoms with Crippen LogP contribution in [0.4, 0.5) is 0 Å². The summed E-state index contributed by atoms with van der Waals surface area (Å²) in [6.07, 6.45) is 1.75. The Morgan fingerprint density at radius 1 is 1.42 bits per heavy atom. The third-order valence-electron chi connectivity index (χ3n) is 2.16. The zero-order chi connectivity index (χ0) is 9.14. The summed E-state index contributed by atoms with van der Waals surface area (Å²) >= 11 is 0. The fraction of sp³-hybridized carbons (Fsp3) is 0.600. The molecule has 0 saturated carbocycles. The van der Waals surface area contributed by atoms with Crippen LogP contribution in [0.1, 0.15) is 31.2 Å². The summed E-state index contributed by atoms with van der Waals surface area (Å²) in [5.41, 5.74) is 1.23. The molecule has 0 fully saturated rings. The maximum absolute atomic E-state index is 5.42. The first-order valence-electron chi connectivity index (χ1n) is 4.38. The Morgan fingerprint density at radius 2 is 2.08 bits per heavy atom. The molecule has 1 N–H and O–H groups in total. The summed E-state index contributed by atoms with van der Waals surface area (Å²) < 4.78 is 5.42. The first kappa shape index (κ1) is 9.33. The van der Waals surface area contributed by atoms with Gasteiger partial charge in [0, 0.05) is 0 Å². The smallest absolute Gasteiger partial charge is 0.123 e. The minimum absolute atomic E-state index is 0.333. The third-order valence-corrected chi connectivity index (χ3v) is 2.16. The Hall–Kier alpha value is -0.760. The van der Waals surface area contributed by atoms with Crippen LogP contribution >= 0.6 is 0 Å². The lowest BCUT2D eigenvalue weighted by molar-refractivity contribution is 0.357. The van der Waals surface area contributed by atoms with Gasteiger partial charge in [-0.2, -0.15) is 0 Å².